The molecule has 0 saturated heterocycles. The number of alkyl halides is 6. The summed E-state index contributed by atoms with van der Waals surface area (Å²) in [6, 6.07) is 7.51. The van der Waals surface area contributed by atoms with E-state index in [9.17, 15) is 41.0 Å². The van der Waals surface area contributed by atoms with Crippen LogP contribution in [0.15, 0.2) is 54.6 Å². The molecule has 1 atom stereocenters. The molecule has 0 spiro atoms. The lowest BCUT2D eigenvalue weighted by atomic mass is 10.0. The zero-order chi connectivity index (χ0) is 22.5. The normalized spacial score (nSPS) is 13.3. The van der Waals surface area contributed by atoms with Gasteiger partial charge in [0, 0.05) is 5.56 Å². The van der Waals surface area contributed by atoms with Crippen LogP contribution in [0.25, 0.3) is 6.08 Å². The number of benzene rings is 2. The van der Waals surface area contributed by atoms with E-state index in [1.54, 1.807) is 36.4 Å². The van der Waals surface area contributed by atoms with E-state index in [2.05, 4.69) is 0 Å². The fourth-order valence-corrected chi connectivity index (χ4v) is 2.45. The first kappa shape index (κ1) is 23.0. The molecule has 4 nitrogen and oxygen atoms in total. The second-order valence-corrected chi connectivity index (χ2v) is 6.21. The molecule has 0 aromatic heterocycles. The van der Waals surface area contributed by atoms with E-state index in [-0.39, 0.29) is 24.6 Å². The van der Waals surface area contributed by atoms with Gasteiger partial charge in [-0.05, 0) is 30.2 Å². The summed E-state index contributed by atoms with van der Waals surface area (Å²) in [4.78, 5) is 23.6. The van der Waals surface area contributed by atoms with Crippen LogP contribution in [-0.2, 0) is 17.1 Å². The van der Waals surface area contributed by atoms with Crippen LogP contribution in [0.2, 0.25) is 0 Å². The number of amides is 1. The summed E-state index contributed by atoms with van der Waals surface area (Å²) in [5.74, 6) is -2.86. The van der Waals surface area contributed by atoms with Crippen molar-refractivity contribution in [2.45, 2.75) is 24.8 Å². The highest BCUT2D eigenvalue weighted by atomic mass is 19.4. The maximum atomic E-state index is 12.9. The molecule has 2 aromatic rings. The number of carboxylic acids is 1. The first-order valence-electron chi connectivity index (χ1n) is 8.42. The number of nitrogens with one attached hydrogen (secondary N) is 1. The molecule has 10 heteroatoms. The van der Waals surface area contributed by atoms with Gasteiger partial charge < -0.3 is 10.4 Å². The van der Waals surface area contributed by atoms with Gasteiger partial charge in [-0.2, -0.15) is 26.3 Å². The summed E-state index contributed by atoms with van der Waals surface area (Å²) < 4.78 is 77.5. The van der Waals surface area contributed by atoms with Crippen LogP contribution in [-0.4, -0.2) is 23.0 Å². The molecule has 0 aliphatic heterocycles. The van der Waals surface area contributed by atoms with Crippen LogP contribution in [0.4, 0.5) is 26.3 Å². The van der Waals surface area contributed by atoms with Gasteiger partial charge in [-0.3, -0.25) is 4.79 Å². The van der Waals surface area contributed by atoms with Crippen LogP contribution in [0.5, 0.6) is 0 Å². The van der Waals surface area contributed by atoms with Crippen molar-refractivity contribution in [3.63, 3.8) is 0 Å². The number of hydrogen-bond donors (Lipinski definition) is 2. The average Bonchev–Trinajstić information content (AvgIpc) is 2.66. The lowest BCUT2D eigenvalue weighted by molar-refractivity contribution is -0.143. The topological polar surface area (TPSA) is 66.4 Å². The third kappa shape index (κ3) is 6.36. The van der Waals surface area contributed by atoms with Gasteiger partial charge in [0.05, 0.1) is 11.1 Å². The van der Waals surface area contributed by atoms with Gasteiger partial charge in [-0.25, -0.2) is 4.79 Å². The van der Waals surface area contributed by atoms with Crippen molar-refractivity contribution in [1.82, 2.24) is 5.32 Å². The van der Waals surface area contributed by atoms with Gasteiger partial charge in [-0.15, -0.1) is 0 Å². The second-order valence-electron chi connectivity index (χ2n) is 6.21. The summed E-state index contributed by atoms with van der Waals surface area (Å²) in [6.45, 7) is 0. The molecule has 0 fully saturated rings. The standard InChI is InChI=1S/C20H15F6NO3/c21-19(22,23)14-9-13(10-15(11-14)20(24,25)26)17(28)27-16(18(29)30)8-4-7-12-5-2-1-3-6-12/h1-7,9-11,16H,8H2,(H,27,28)(H,29,30)/b7-4+/t16-/m0/s1. The molecule has 0 saturated carbocycles. The van der Waals surface area contributed by atoms with Crippen molar-refractivity contribution in [2.75, 3.05) is 0 Å². The number of halogens is 6. The summed E-state index contributed by atoms with van der Waals surface area (Å²) in [5, 5.41) is 11.2. The molecule has 1 amide bonds. The van der Waals surface area contributed by atoms with Crippen molar-refractivity contribution in [3.8, 4) is 0 Å². The Morgan fingerprint density at radius 2 is 1.47 bits per heavy atom. The third-order valence-corrected chi connectivity index (χ3v) is 3.93. The zero-order valence-corrected chi connectivity index (χ0v) is 15.1. The highest BCUT2D eigenvalue weighted by Crippen LogP contribution is 2.36. The Balaban J connectivity index is 2.24. The Morgan fingerprint density at radius 3 is 1.93 bits per heavy atom. The lowest BCUT2D eigenvalue weighted by Crippen LogP contribution is -2.40. The molecular weight excluding hydrogens is 416 g/mol. The molecule has 2 N–H and O–H groups in total. The maximum Gasteiger partial charge on any atom is 0.416 e. The summed E-state index contributed by atoms with van der Waals surface area (Å²) in [6.07, 6.45) is -7.50. The van der Waals surface area contributed by atoms with Crippen LogP contribution >= 0.6 is 0 Å². The monoisotopic (exact) mass is 431 g/mol. The highest BCUT2D eigenvalue weighted by molar-refractivity contribution is 5.97. The number of carboxylic acid groups (broad SMARTS) is 1. The molecule has 0 aliphatic rings. The highest BCUT2D eigenvalue weighted by Gasteiger charge is 2.37. The number of carbonyl (C=O) groups excluding carboxylic acids is 1. The molecule has 160 valence electrons. The van der Waals surface area contributed by atoms with Crippen LogP contribution in [0.3, 0.4) is 0 Å². The molecular formula is C20H15F6NO3. The van der Waals surface area contributed by atoms with Crippen LogP contribution < -0.4 is 5.32 Å². The maximum absolute atomic E-state index is 12.9. The fourth-order valence-electron chi connectivity index (χ4n) is 2.45. The minimum atomic E-state index is -5.12. The molecule has 2 rings (SSSR count). The molecule has 2 aromatic carbocycles. The molecule has 0 aliphatic carbocycles. The van der Waals surface area contributed by atoms with Crippen molar-refractivity contribution in [1.29, 1.82) is 0 Å². The van der Waals surface area contributed by atoms with E-state index in [1.165, 1.54) is 6.08 Å². The quantitative estimate of drug-likeness (QED) is 0.632. The van der Waals surface area contributed by atoms with E-state index < -0.39 is 47.0 Å². The Kier molecular flexibility index (Phi) is 6.91. The number of aliphatic carboxylic acids is 1. The van der Waals surface area contributed by atoms with Crippen molar-refractivity contribution in [2.24, 2.45) is 0 Å². The van der Waals surface area contributed by atoms with Gasteiger partial charge in [-0.1, -0.05) is 42.5 Å². The van der Waals surface area contributed by atoms with E-state index in [1.807, 2.05) is 5.32 Å². The SMILES string of the molecule is O=C(N[C@@H](C/C=C/c1ccccc1)C(=O)O)c1cc(C(F)(F)F)cc(C(F)(F)F)c1. The summed E-state index contributed by atoms with van der Waals surface area (Å²) in [5.41, 5.74) is -3.55. The molecule has 0 radical (unpaired) electrons. The van der Waals surface area contributed by atoms with Gasteiger partial charge in [0.2, 0.25) is 0 Å². The first-order valence-corrected chi connectivity index (χ1v) is 8.42. The van der Waals surface area contributed by atoms with Gasteiger partial charge in [0.15, 0.2) is 0 Å². The third-order valence-electron chi connectivity index (χ3n) is 3.93. The Hall–Kier alpha value is -3.30. The van der Waals surface area contributed by atoms with Crippen LogP contribution in [0.1, 0.15) is 33.5 Å². The second kappa shape index (κ2) is 9.02. The van der Waals surface area contributed by atoms with Crippen molar-refractivity contribution in [3.05, 3.63) is 76.9 Å². The van der Waals surface area contributed by atoms with E-state index in [0.717, 1.165) is 5.56 Å². The predicted molar refractivity (Wildman–Crippen MR) is 95.4 cm³/mol. The molecule has 30 heavy (non-hydrogen) atoms. The van der Waals surface area contributed by atoms with E-state index in [4.69, 9.17) is 0 Å². The number of carbonyl (C=O) groups is 2. The average molecular weight is 431 g/mol. The van der Waals surface area contributed by atoms with Gasteiger partial charge in [0.25, 0.3) is 5.91 Å². The Bertz CT molecular complexity index is 904. The van der Waals surface area contributed by atoms with E-state index in [0.29, 0.717) is 0 Å². The fraction of sp³-hybridized carbons (Fsp3) is 0.200. The summed E-state index contributed by atoms with van der Waals surface area (Å²) >= 11 is 0. The molecule has 0 unspecified atom stereocenters. The minimum absolute atomic E-state index is 0.117. The smallest absolute Gasteiger partial charge is 0.416 e. The van der Waals surface area contributed by atoms with Crippen molar-refractivity contribution < 1.29 is 41.0 Å². The Labute approximate surface area is 166 Å². The zero-order valence-electron chi connectivity index (χ0n) is 15.1. The number of rotatable bonds is 6. The lowest BCUT2D eigenvalue weighted by Gasteiger charge is -2.16. The predicted octanol–water partition coefficient (Wildman–Crippen LogP) is 5.01. The van der Waals surface area contributed by atoms with Gasteiger partial charge >= 0.3 is 18.3 Å². The van der Waals surface area contributed by atoms with Crippen molar-refractivity contribution >= 4 is 18.0 Å². The Morgan fingerprint density at radius 1 is 0.933 bits per heavy atom. The molecule has 0 bridgehead atoms. The van der Waals surface area contributed by atoms with E-state index >= 15 is 0 Å². The molecule has 0 heterocycles. The summed E-state index contributed by atoms with van der Waals surface area (Å²) in [7, 11) is 0. The van der Waals surface area contributed by atoms with Gasteiger partial charge in [0.1, 0.15) is 6.04 Å². The minimum Gasteiger partial charge on any atom is -0.480 e. The first-order chi connectivity index (χ1) is 13.9. The number of hydrogen-bond acceptors (Lipinski definition) is 2. The largest absolute Gasteiger partial charge is 0.480 e. The van der Waals surface area contributed by atoms with Crippen LogP contribution in [0, 0.1) is 0 Å².